The SMILES string of the molecule is CCCNC1(C#N)CCC(Sc2ncccc2Br)C1. The van der Waals surface area contributed by atoms with Gasteiger partial charge in [0.2, 0.25) is 0 Å². The first-order chi connectivity index (χ1) is 9.19. The van der Waals surface area contributed by atoms with Crippen molar-refractivity contribution in [1.82, 2.24) is 10.3 Å². The van der Waals surface area contributed by atoms with E-state index >= 15 is 0 Å². The van der Waals surface area contributed by atoms with Crippen molar-refractivity contribution in [2.75, 3.05) is 6.54 Å². The van der Waals surface area contributed by atoms with E-state index in [9.17, 15) is 5.26 Å². The van der Waals surface area contributed by atoms with Crippen LogP contribution in [0.25, 0.3) is 0 Å². The maximum Gasteiger partial charge on any atom is 0.110 e. The van der Waals surface area contributed by atoms with E-state index in [0.29, 0.717) is 5.25 Å². The van der Waals surface area contributed by atoms with E-state index in [-0.39, 0.29) is 5.54 Å². The van der Waals surface area contributed by atoms with E-state index in [0.717, 1.165) is 41.7 Å². The molecule has 19 heavy (non-hydrogen) atoms. The zero-order valence-corrected chi connectivity index (χ0v) is 13.4. The predicted molar refractivity (Wildman–Crippen MR) is 82.1 cm³/mol. The van der Waals surface area contributed by atoms with Crippen molar-refractivity contribution in [2.24, 2.45) is 0 Å². The van der Waals surface area contributed by atoms with Crippen molar-refractivity contribution in [1.29, 1.82) is 5.26 Å². The van der Waals surface area contributed by atoms with Crippen molar-refractivity contribution in [2.45, 2.75) is 48.4 Å². The molecule has 2 rings (SSSR count). The topological polar surface area (TPSA) is 48.7 Å². The maximum absolute atomic E-state index is 9.43. The number of nitriles is 1. The quantitative estimate of drug-likeness (QED) is 0.887. The molecule has 1 aliphatic rings. The Morgan fingerprint density at radius 2 is 2.53 bits per heavy atom. The Bertz CT molecular complexity index is 474. The second-order valence-corrected chi connectivity index (χ2v) is 7.04. The normalized spacial score (nSPS) is 26.3. The number of rotatable bonds is 5. The minimum absolute atomic E-state index is 0.324. The van der Waals surface area contributed by atoms with Crippen molar-refractivity contribution in [3.63, 3.8) is 0 Å². The van der Waals surface area contributed by atoms with E-state index in [1.165, 1.54) is 0 Å². The molecule has 0 radical (unpaired) electrons. The van der Waals surface area contributed by atoms with Crippen molar-refractivity contribution in [3.8, 4) is 6.07 Å². The molecule has 102 valence electrons. The minimum Gasteiger partial charge on any atom is -0.299 e. The molecule has 3 nitrogen and oxygen atoms in total. The summed E-state index contributed by atoms with van der Waals surface area (Å²) >= 11 is 5.31. The highest BCUT2D eigenvalue weighted by atomic mass is 79.9. The first kappa shape index (κ1) is 14.8. The fraction of sp³-hybridized carbons (Fsp3) is 0.571. The van der Waals surface area contributed by atoms with Crippen molar-refractivity contribution < 1.29 is 0 Å². The highest BCUT2D eigenvalue weighted by Crippen LogP contribution is 2.41. The molecule has 0 aliphatic heterocycles. The third-order valence-corrected chi connectivity index (χ3v) is 5.59. The van der Waals surface area contributed by atoms with Crippen LogP contribution in [-0.2, 0) is 0 Å². The molecule has 5 heteroatoms. The van der Waals surface area contributed by atoms with Gasteiger partial charge in [0.1, 0.15) is 10.6 Å². The number of nitrogens with zero attached hydrogens (tertiary/aromatic N) is 2. The summed E-state index contributed by atoms with van der Waals surface area (Å²) in [5.74, 6) is 0. The summed E-state index contributed by atoms with van der Waals surface area (Å²) in [6, 6.07) is 6.42. The number of thioether (sulfide) groups is 1. The van der Waals surface area contributed by atoms with Gasteiger partial charge < -0.3 is 0 Å². The minimum atomic E-state index is -0.324. The second kappa shape index (κ2) is 6.74. The van der Waals surface area contributed by atoms with Crippen molar-refractivity contribution >= 4 is 27.7 Å². The van der Waals surface area contributed by atoms with E-state index in [1.54, 1.807) is 11.8 Å². The molecular formula is C14H18BrN3S. The van der Waals surface area contributed by atoms with Crippen LogP contribution in [0, 0.1) is 11.3 Å². The van der Waals surface area contributed by atoms with Crippen LogP contribution in [0.15, 0.2) is 27.8 Å². The standard InChI is InChI=1S/C14H18BrN3S/c1-2-7-18-14(10-16)6-5-11(9-14)19-13-12(15)4-3-8-17-13/h3-4,8,11,18H,2,5-7,9H2,1H3. The van der Waals surface area contributed by atoms with Crippen LogP contribution in [0.5, 0.6) is 0 Å². The van der Waals surface area contributed by atoms with Gasteiger partial charge in [-0.15, -0.1) is 11.8 Å². The smallest absolute Gasteiger partial charge is 0.110 e. The second-order valence-electron chi connectivity index (χ2n) is 4.89. The Kier molecular flexibility index (Phi) is 5.26. The number of aromatic nitrogens is 1. The lowest BCUT2D eigenvalue weighted by Crippen LogP contribution is -2.42. The highest BCUT2D eigenvalue weighted by molar-refractivity contribution is 9.10. The molecule has 0 saturated heterocycles. The number of nitrogens with one attached hydrogen (secondary N) is 1. The Balaban J connectivity index is 1.98. The summed E-state index contributed by atoms with van der Waals surface area (Å²) in [5, 5.41) is 14.3. The molecule has 1 N–H and O–H groups in total. The average Bonchev–Trinajstić information content (AvgIpc) is 2.83. The largest absolute Gasteiger partial charge is 0.299 e. The molecule has 0 spiro atoms. The third kappa shape index (κ3) is 3.71. The third-order valence-electron chi connectivity index (χ3n) is 3.40. The summed E-state index contributed by atoms with van der Waals surface area (Å²) in [6.45, 7) is 3.04. The van der Waals surface area contributed by atoms with E-state index in [1.807, 2.05) is 18.3 Å². The molecule has 2 unspecified atom stereocenters. The maximum atomic E-state index is 9.43. The Labute approximate surface area is 127 Å². The van der Waals surface area contributed by atoms with Crippen LogP contribution in [-0.4, -0.2) is 22.3 Å². The number of halogens is 1. The molecule has 1 aromatic heterocycles. The Hall–Kier alpha value is -0.570. The van der Waals surface area contributed by atoms with Crippen LogP contribution >= 0.6 is 27.7 Å². The first-order valence-electron chi connectivity index (χ1n) is 6.62. The molecule has 1 fully saturated rings. The summed E-state index contributed by atoms with van der Waals surface area (Å²) in [5.41, 5.74) is -0.324. The fourth-order valence-electron chi connectivity index (χ4n) is 2.38. The molecule has 0 aromatic carbocycles. The Morgan fingerprint density at radius 1 is 1.68 bits per heavy atom. The van der Waals surface area contributed by atoms with Gasteiger partial charge in [0, 0.05) is 15.9 Å². The van der Waals surface area contributed by atoms with Crippen LogP contribution in [0.4, 0.5) is 0 Å². The van der Waals surface area contributed by atoms with E-state index in [4.69, 9.17) is 0 Å². The molecule has 0 amide bonds. The van der Waals surface area contributed by atoms with Crippen LogP contribution in [0.2, 0.25) is 0 Å². The molecular weight excluding hydrogens is 322 g/mol. The van der Waals surface area contributed by atoms with Gasteiger partial charge in [-0.05, 0) is 60.3 Å². The molecule has 2 atom stereocenters. The van der Waals surface area contributed by atoms with Crippen molar-refractivity contribution in [3.05, 3.63) is 22.8 Å². The predicted octanol–water partition coefficient (Wildman–Crippen LogP) is 3.75. The lowest BCUT2D eigenvalue weighted by Gasteiger charge is -2.22. The monoisotopic (exact) mass is 339 g/mol. The first-order valence-corrected chi connectivity index (χ1v) is 8.30. The summed E-state index contributed by atoms with van der Waals surface area (Å²) < 4.78 is 1.04. The summed E-state index contributed by atoms with van der Waals surface area (Å²) in [4.78, 5) is 4.39. The zero-order chi connectivity index (χ0) is 13.7. The number of pyridine rings is 1. The summed E-state index contributed by atoms with van der Waals surface area (Å²) in [7, 11) is 0. The molecule has 1 saturated carbocycles. The average molecular weight is 340 g/mol. The van der Waals surface area contributed by atoms with Gasteiger partial charge in [0.15, 0.2) is 0 Å². The van der Waals surface area contributed by atoms with E-state index < -0.39 is 0 Å². The lowest BCUT2D eigenvalue weighted by molar-refractivity contribution is 0.424. The van der Waals surface area contributed by atoms with Gasteiger partial charge >= 0.3 is 0 Å². The van der Waals surface area contributed by atoms with Crippen LogP contribution < -0.4 is 5.32 Å². The molecule has 1 heterocycles. The molecule has 1 aliphatic carbocycles. The van der Waals surface area contributed by atoms with Gasteiger partial charge in [0.25, 0.3) is 0 Å². The lowest BCUT2D eigenvalue weighted by atomic mass is 10.00. The van der Waals surface area contributed by atoms with Crippen LogP contribution in [0.3, 0.4) is 0 Å². The van der Waals surface area contributed by atoms with Gasteiger partial charge in [-0.1, -0.05) is 6.92 Å². The number of hydrogen-bond donors (Lipinski definition) is 1. The van der Waals surface area contributed by atoms with Crippen LogP contribution in [0.1, 0.15) is 32.6 Å². The Morgan fingerprint density at radius 3 is 3.21 bits per heavy atom. The summed E-state index contributed by atoms with van der Waals surface area (Å²) in [6.07, 6.45) is 5.78. The zero-order valence-electron chi connectivity index (χ0n) is 11.0. The highest BCUT2D eigenvalue weighted by Gasteiger charge is 2.39. The molecule has 0 bridgehead atoms. The van der Waals surface area contributed by atoms with Gasteiger partial charge in [-0.25, -0.2) is 4.98 Å². The van der Waals surface area contributed by atoms with Gasteiger partial charge in [-0.2, -0.15) is 5.26 Å². The number of hydrogen-bond acceptors (Lipinski definition) is 4. The van der Waals surface area contributed by atoms with Gasteiger partial charge in [-0.3, -0.25) is 5.32 Å². The fourth-order valence-corrected chi connectivity index (χ4v) is 4.14. The molecule has 1 aromatic rings. The van der Waals surface area contributed by atoms with E-state index in [2.05, 4.69) is 39.2 Å². The van der Waals surface area contributed by atoms with Gasteiger partial charge in [0.05, 0.1) is 6.07 Å².